The van der Waals surface area contributed by atoms with Gasteiger partial charge in [0.05, 0.1) is 27.1 Å². The van der Waals surface area contributed by atoms with E-state index in [1.807, 2.05) is 0 Å². The number of non-ortho nitro benzene ring substituents is 1. The Balaban J connectivity index is 0.00000405. The third-order valence-corrected chi connectivity index (χ3v) is 9.17. The van der Waals surface area contributed by atoms with Gasteiger partial charge in [0.25, 0.3) is 21.6 Å². The fourth-order valence-corrected chi connectivity index (χ4v) is 6.51. The molecule has 2 heterocycles. The van der Waals surface area contributed by atoms with Gasteiger partial charge in [-0.1, -0.05) is 11.3 Å². The van der Waals surface area contributed by atoms with Crippen molar-refractivity contribution >= 4 is 66.4 Å². The lowest BCUT2D eigenvalue weighted by molar-refractivity contribution is -0.384. The highest BCUT2D eigenvalue weighted by molar-refractivity contribution is 7.92. The molecule has 1 saturated heterocycles. The van der Waals surface area contributed by atoms with Gasteiger partial charge >= 0.3 is 0 Å². The molecule has 1 fully saturated rings. The number of nitrogens with zero attached hydrogens (tertiary/aromatic N) is 4. The number of nitro groups is 1. The van der Waals surface area contributed by atoms with Crippen LogP contribution in [0, 0.1) is 10.1 Å². The number of aromatic nitrogens is 1. The first-order valence-electron chi connectivity index (χ1n) is 12.8. The van der Waals surface area contributed by atoms with Crippen LogP contribution in [0.3, 0.4) is 0 Å². The van der Waals surface area contributed by atoms with Crippen LogP contribution in [0.15, 0.2) is 71.6 Å². The number of amides is 1. The van der Waals surface area contributed by atoms with Crippen LogP contribution < -0.4 is 19.7 Å². The first kappa shape index (κ1) is 31.0. The molecule has 3 aromatic carbocycles. The molecule has 0 unspecified atom stereocenters. The molecule has 1 aliphatic rings. The highest BCUT2D eigenvalue weighted by Gasteiger charge is 2.21. The third-order valence-electron chi connectivity index (χ3n) is 6.70. The second-order valence-corrected chi connectivity index (χ2v) is 12.0. The zero-order valence-corrected chi connectivity index (χ0v) is 25.0. The van der Waals surface area contributed by atoms with E-state index in [1.54, 1.807) is 48.5 Å². The molecule has 5 rings (SSSR count). The lowest BCUT2D eigenvalue weighted by Crippen LogP contribution is -2.48. The van der Waals surface area contributed by atoms with Crippen LogP contribution in [0.2, 0.25) is 0 Å². The summed E-state index contributed by atoms with van der Waals surface area (Å²) >= 11 is 1.45. The van der Waals surface area contributed by atoms with Crippen molar-refractivity contribution in [1.82, 2.24) is 15.2 Å². The van der Waals surface area contributed by atoms with Crippen molar-refractivity contribution < 1.29 is 22.9 Å². The fraction of sp³-hybridized carbons (Fsp3) is 0.259. The Hall–Kier alpha value is -3.98. The number of nitro benzene ring substituents is 1. The smallest absolute Gasteiger partial charge is 0.270 e. The van der Waals surface area contributed by atoms with Crippen LogP contribution in [-0.4, -0.2) is 75.5 Å². The molecule has 0 atom stereocenters. The van der Waals surface area contributed by atoms with Crippen molar-refractivity contribution in [2.45, 2.75) is 4.90 Å². The highest BCUT2D eigenvalue weighted by atomic mass is 35.5. The third kappa shape index (κ3) is 7.26. The molecular formula is C27H29ClN6O6S2. The Kier molecular flexibility index (Phi) is 9.83. The summed E-state index contributed by atoms with van der Waals surface area (Å²) < 4.78 is 33.6. The fourth-order valence-electron chi connectivity index (χ4n) is 4.40. The Morgan fingerprint density at radius 1 is 1.05 bits per heavy atom. The first-order valence-corrected chi connectivity index (χ1v) is 15.1. The summed E-state index contributed by atoms with van der Waals surface area (Å²) in [6.45, 7) is 4.29. The maximum absolute atomic E-state index is 12.6. The lowest BCUT2D eigenvalue weighted by Gasteiger charge is -2.34. The van der Waals surface area contributed by atoms with Gasteiger partial charge < -0.3 is 15.0 Å². The number of halogens is 1. The second-order valence-electron chi connectivity index (χ2n) is 9.35. The summed E-state index contributed by atoms with van der Waals surface area (Å²) in [5, 5.41) is 14.8. The number of piperazine rings is 1. The minimum Gasteiger partial charge on any atom is -0.497 e. The molecule has 0 aliphatic carbocycles. The molecule has 1 amide bonds. The summed E-state index contributed by atoms with van der Waals surface area (Å²) in [5.41, 5.74) is 1.59. The SMILES string of the molecule is COc1ccc(S(=O)(=O)Nc2ccc(C(=O)NCCN3CCN(c4nc5ccc([N+](=O)[O-])cc5s4)CC3)cc2)cc1.Cl. The van der Waals surface area contributed by atoms with E-state index >= 15 is 0 Å². The van der Waals surface area contributed by atoms with Crippen molar-refractivity contribution in [3.63, 3.8) is 0 Å². The van der Waals surface area contributed by atoms with Crippen molar-refractivity contribution in [1.29, 1.82) is 0 Å². The molecule has 1 aromatic heterocycles. The Bertz CT molecular complexity index is 1660. The van der Waals surface area contributed by atoms with Crippen molar-refractivity contribution in [2.75, 3.05) is 56.0 Å². The lowest BCUT2D eigenvalue weighted by atomic mass is 10.2. The van der Waals surface area contributed by atoms with Crippen LogP contribution in [0.4, 0.5) is 16.5 Å². The number of nitrogens with one attached hydrogen (secondary N) is 2. The van der Waals surface area contributed by atoms with E-state index in [4.69, 9.17) is 4.74 Å². The quantitative estimate of drug-likeness (QED) is 0.196. The van der Waals surface area contributed by atoms with E-state index < -0.39 is 14.9 Å². The summed E-state index contributed by atoms with van der Waals surface area (Å²) in [5.74, 6) is 0.319. The van der Waals surface area contributed by atoms with Crippen molar-refractivity contribution in [3.05, 3.63) is 82.4 Å². The average molecular weight is 633 g/mol. The number of fused-ring (bicyclic) bond motifs is 1. The molecular weight excluding hydrogens is 604 g/mol. The minimum atomic E-state index is -3.77. The van der Waals surface area contributed by atoms with Gasteiger partial charge in [0.1, 0.15) is 5.75 Å². The van der Waals surface area contributed by atoms with Crippen LogP contribution in [0.25, 0.3) is 10.2 Å². The number of carbonyl (C=O) groups excluding carboxylic acids is 1. The van der Waals surface area contributed by atoms with Crippen LogP contribution >= 0.6 is 23.7 Å². The van der Waals surface area contributed by atoms with Gasteiger partial charge in [-0.15, -0.1) is 12.4 Å². The molecule has 2 N–H and O–H groups in total. The van der Waals surface area contributed by atoms with Gasteiger partial charge in [0.2, 0.25) is 0 Å². The number of thiazole rings is 1. The van der Waals surface area contributed by atoms with E-state index in [-0.39, 0.29) is 28.9 Å². The summed E-state index contributed by atoms with van der Waals surface area (Å²) in [6, 6.07) is 17.0. The second kappa shape index (κ2) is 13.3. The molecule has 4 aromatic rings. The molecule has 15 heteroatoms. The van der Waals surface area contributed by atoms with Crippen LogP contribution in [0.1, 0.15) is 10.4 Å². The van der Waals surface area contributed by atoms with E-state index in [0.717, 1.165) is 41.5 Å². The molecule has 12 nitrogen and oxygen atoms in total. The number of anilines is 2. The Morgan fingerprint density at radius 2 is 1.74 bits per heavy atom. The number of hydrogen-bond donors (Lipinski definition) is 2. The zero-order valence-electron chi connectivity index (χ0n) is 22.6. The molecule has 0 radical (unpaired) electrons. The maximum Gasteiger partial charge on any atom is 0.270 e. The van der Waals surface area contributed by atoms with Gasteiger partial charge in [-0.25, -0.2) is 13.4 Å². The predicted octanol–water partition coefficient (Wildman–Crippen LogP) is 3.99. The number of sulfonamides is 1. The monoisotopic (exact) mass is 632 g/mol. The molecule has 0 bridgehead atoms. The van der Waals surface area contributed by atoms with E-state index in [2.05, 4.69) is 24.8 Å². The Labute approximate surface area is 252 Å². The summed E-state index contributed by atoms with van der Waals surface area (Å²) in [7, 11) is -2.27. The minimum absolute atomic E-state index is 0. The van der Waals surface area contributed by atoms with Crippen molar-refractivity contribution in [2.24, 2.45) is 0 Å². The standard InChI is InChI=1S/C27H28N6O6S2.ClH/c1-39-22-7-9-23(10-8-22)41(37,38)30-20-4-2-19(3-5-20)26(34)28-12-13-31-14-16-32(17-15-31)27-29-24-11-6-21(33(35)36)18-25(24)40-27;/h2-11,18,30H,12-17H2,1H3,(H,28,34);1H. The highest BCUT2D eigenvalue weighted by Crippen LogP contribution is 2.31. The zero-order chi connectivity index (χ0) is 29.0. The van der Waals surface area contributed by atoms with Gasteiger partial charge in [0.15, 0.2) is 5.13 Å². The molecule has 0 saturated carbocycles. The number of carbonyl (C=O) groups is 1. The van der Waals surface area contributed by atoms with E-state index in [0.29, 0.717) is 30.1 Å². The molecule has 222 valence electrons. The summed E-state index contributed by atoms with van der Waals surface area (Å²) in [6.07, 6.45) is 0. The van der Waals surface area contributed by atoms with Crippen LogP contribution in [0.5, 0.6) is 5.75 Å². The van der Waals surface area contributed by atoms with Gasteiger partial charge in [0, 0.05) is 62.7 Å². The first-order chi connectivity index (χ1) is 19.7. The molecule has 0 spiro atoms. The van der Waals surface area contributed by atoms with Gasteiger partial charge in [-0.3, -0.25) is 24.5 Å². The topological polar surface area (TPSA) is 147 Å². The molecule has 42 heavy (non-hydrogen) atoms. The number of methoxy groups -OCH3 is 1. The number of rotatable bonds is 10. The van der Waals surface area contributed by atoms with E-state index in [1.165, 1.54) is 36.6 Å². The summed E-state index contributed by atoms with van der Waals surface area (Å²) in [4.78, 5) is 32.4. The predicted molar refractivity (Wildman–Crippen MR) is 165 cm³/mol. The van der Waals surface area contributed by atoms with Crippen molar-refractivity contribution in [3.8, 4) is 5.75 Å². The van der Waals surface area contributed by atoms with Gasteiger partial charge in [-0.05, 0) is 54.6 Å². The largest absolute Gasteiger partial charge is 0.497 e. The maximum atomic E-state index is 12.6. The average Bonchev–Trinajstić information content (AvgIpc) is 3.41. The number of benzene rings is 3. The Morgan fingerprint density at radius 3 is 2.38 bits per heavy atom. The van der Waals surface area contributed by atoms with Gasteiger partial charge in [-0.2, -0.15) is 0 Å². The number of hydrogen-bond acceptors (Lipinski definition) is 10. The van der Waals surface area contributed by atoms with E-state index in [9.17, 15) is 23.3 Å². The normalized spacial score (nSPS) is 13.8. The molecule has 1 aliphatic heterocycles. The number of ether oxygens (including phenoxy) is 1. The van der Waals surface area contributed by atoms with Crippen LogP contribution in [-0.2, 0) is 10.0 Å².